The number of non-ortho nitro benzene ring substituents is 1. The number of rotatable bonds is 6. The van der Waals surface area contributed by atoms with E-state index in [4.69, 9.17) is 4.74 Å². The van der Waals surface area contributed by atoms with E-state index >= 15 is 0 Å². The van der Waals surface area contributed by atoms with Crippen molar-refractivity contribution in [3.05, 3.63) is 94.3 Å². The molecule has 8 nitrogen and oxygen atoms in total. The second-order valence-electron chi connectivity index (χ2n) is 5.56. The summed E-state index contributed by atoms with van der Waals surface area (Å²) < 4.78 is 5.23. The summed E-state index contributed by atoms with van der Waals surface area (Å²) in [5.41, 5.74) is 4.62. The van der Waals surface area contributed by atoms with E-state index in [9.17, 15) is 10.1 Å². The molecule has 1 N–H and O–H groups in total. The van der Waals surface area contributed by atoms with Crippen LogP contribution in [0.1, 0.15) is 11.3 Å². The summed E-state index contributed by atoms with van der Waals surface area (Å²) in [6.45, 7) is 0. The van der Waals surface area contributed by atoms with Gasteiger partial charge in [0.15, 0.2) is 5.84 Å². The fraction of sp³-hybridized carbons (Fsp3) is 0.0500. The molecule has 140 valence electrons. The molecule has 0 aliphatic rings. The van der Waals surface area contributed by atoms with Gasteiger partial charge in [0.2, 0.25) is 0 Å². The second-order valence-corrected chi connectivity index (χ2v) is 5.56. The molecular formula is C20H17N5O3. The van der Waals surface area contributed by atoms with Crippen molar-refractivity contribution in [3.8, 4) is 5.75 Å². The summed E-state index contributed by atoms with van der Waals surface area (Å²) in [5.74, 6) is 0.906. The van der Waals surface area contributed by atoms with Crippen LogP contribution in [0.15, 0.2) is 83.0 Å². The third kappa shape index (κ3) is 4.76. The van der Waals surface area contributed by atoms with Crippen molar-refractivity contribution < 1.29 is 9.66 Å². The molecule has 0 fully saturated rings. The van der Waals surface area contributed by atoms with Gasteiger partial charge in [-0.3, -0.25) is 20.5 Å². The van der Waals surface area contributed by atoms with Gasteiger partial charge in [-0.1, -0.05) is 24.3 Å². The zero-order valence-electron chi connectivity index (χ0n) is 15.0. The fourth-order valence-corrected chi connectivity index (χ4v) is 2.37. The molecule has 0 amide bonds. The number of nitrogens with one attached hydrogen (secondary N) is 1. The molecule has 1 heterocycles. The van der Waals surface area contributed by atoms with Crippen molar-refractivity contribution in [2.75, 3.05) is 7.11 Å². The topological polar surface area (TPSA) is 102 Å². The summed E-state index contributed by atoms with van der Waals surface area (Å²) in [6, 6.07) is 19.1. The van der Waals surface area contributed by atoms with Crippen molar-refractivity contribution >= 4 is 23.4 Å². The van der Waals surface area contributed by atoms with Crippen LogP contribution in [-0.2, 0) is 0 Å². The molecule has 0 aliphatic carbocycles. The number of aliphatic imine (C=N–C) groups is 1. The highest BCUT2D eigenvalue weighted by Gasteiger charge is 2.10. The lowest BCUT2D eigenvalue weighted by Crippen LogP contribution is -2.20. The normalized spacial score (nSPS) is 11.4. The number of amidine groups is 1. The molecule has 0 atom stereocenters. The maximum absolute atomic E-state index is 11.0. The molecule has 0 aliphatic heterocycles. The summed E-state index contributed by atoms with van der Waals surface area (Å²) >= 11 is 0. The number of aromatic nitrogens is 1. The maximum atomic E-state index is 11.0. The Balaban J connectivity index is 1.89. The smallest absolute Gasteiger partial charge is 0.270 e. The Bertz CT molecular complexity index is 1000. The summed E-state index contributed by atoms with van der Waals surface area (Å²) in [4.78, 5) is 19.4. The van der Waals surface area contributed by atoms with Crippen LogP contribution >= 0.6 is 0 Å². The Morgan fingerprint density at radius 2 is 1.93 bits per heavy atom. The zero-order valence-corrected chi connectivity index (χ0v) is 15.0. The molecule has 0 radical (unpaired) electrons. The Labute approximate surface area is 161 Å². The van der Waals surface area contributed by atoms with Gasteiger partial charge < -0.3 is 4.74 Å². The summed E-state index contributed by atoms with van der Waals surface area (Å²) in [5, 5.41) is 15.2. The van der Waals surface area contributed by atoms with Gasteiger partial charge in [0.1, 0.15) is 11.4 Å². The summed E-state index contributed by atoms with van der Waals surface area (Å²) in [6.07, 6.45) is 3.10. The number of hydrazone groups is 1. The van der Waals surface area contributed by atoms with Crippen LogP contribution in [0.2, 0.25) is 0 Å². The van der Waals surface area contributed by atoms with Crippen molar-refractivity contribution in [1.29, 1.82) is 0 Å². The van der Waals surface area contributed by atoms with Gasteiger partial charge in [-0.15, -0.1) is 0 Å². The van der Waals surface area contributed by atoms with Crippen LogP contribution in [-0.4, -0.2) is 29.1 Å². The summed E-state index contributed by atoms with van der Waals surface area (Å²) in [7, 11) is 1.49. The number of nitrogens with zero attached hydrogens (tertiary/aromatic N) is 4. The highest BCUT2D eigenvalue weighted by atomic mass is 16.6. The number of methoxy groups -OCH3 is 1. The van der Waals surface area contributed by atoms with E-state index in [0.717, 1.165) is 5.69 Å². The monoisotopic (exact) mass is 375 g/mol. The van der Waals surface area contributed by atoms with E-state index in [1.54, 1.807) is 18.3 Å². The predicted molar refractivity (Wildman–Crippen MR) is 107 cm³/mol. The number of hydrogen-bond donors (Lipinski definition) is 1. The number of benzene rings is 2. The number of nitro groups is 1. The van der Waals surface area contributed by atoms with Gasteiger partial charge >= 0.3 is 0 Å². The van der Waals surface area contributed by atoms with E-state index in [2.05, 4.69) is 20.5 Å². The van der Waals surface area contributed by atoms with Crippen molar-refractivity contribution in [2.24, 2.45) is 10.1 Å². The van der Waals surface area contributed by atoms with E-state index in [0.29, 0.717) is 22.8 Å². The molecule has 0 unspecified atom stereocenters. The number of hydrogen-bond acceptors (Lipinski definition) is 6. The Kier molecular flexibility index (Phi) is 6.04. The van der Waals surface area contributed by atoms with Gasteiger partial charge in [0.05, 0.1) is 23.9 Å². The first-order chi connectivity index (χ1) is 13.7. The maximum Gasteiger partial charge on any atom is 0.270 e. The quantitative estimate of drug-likeness (QED) is 0.306. The van der Waals surface area contributed by atoms with E-state index in [-0.39, 0.29) is 5.69 Å². The van der Waals surface area contributed by atoms with Crippen LogP contribution in [0, 0.1) is 10.1 Å². The average Bonchev–Trinajstić information content (AvgIpc) is 2.74. The Morgan fingerprint density at radius 3 is 2.61 bits per heavy atom. The highest BCUT2D eigenvalue weighted by molar-refractivity contribution is 5.99. The van der Waals surface area contributed by atoms with Gasteiger partial charge in [0.25, 0.3) is 5.69 Å². The molecule has 2 aromatic carbocycles. The molecule has 0 saturated carbocycles. The SMILES string of the molecule is COc1ccc([N+](=O)[O-])cc1C=NNC(=Nc1ccccc1)c1ccccn1. The number of para-hydroxylation sites is 1. The molecule has 3 rings (SSSR count). The van der Waals surface area contributed by atoms with Crippen molar-refractivity contribution in [3.63, 3.8) is 0 Å². The van der Waals surface area contributed by atoms with Crippen LogP contribution in [0.4, 0.5) is 11.4 Å². The minimum absolute atomic E-state index is 0.0508. The Morgan fingerprint density at radius 1 is 1.14 bits per heavy atom. The van der Waals surface area contributed by atoms with Crippen LogP contribution in [0.3, 0.4) is 0 Å². The van der Waals surface area contributed by atoms with Crippen molar-refractivity contribution in [1.82, 2.24) is 10.4 Å². The fourth-order valence-electron chi connectivity index (χ4n) is 2.37. The van der Waals surface area contributed by atoms with Crippen LogP contribution < -0.4 is 10.2 Å². The molecule has 0 spiro atoms. The molecule has 3 aromatic rings. The average molecular weight is 375 g/mol. The predicted octanol–water partition coefficient (Wildman–Crippen LogP) is 3.70. The third-order valence-electron chi connectivity index (χ3n) is 3.70. The number of ether oxygens (including phenoxy) is 1. The number of pyridine rings is 1. The molecule has 8 heteroatoms. The first kappa shape index (κ1) is 18.7. The minimum Gasteiger partial charge on any atom is -0.496 e. The van der Waals surface area contributed by atoms with Crippen LogP contribution in [0.5, 0.6) is 5.75 Å². The molecule has 0 saturated heterocycles. The molecule has 28 heavy (non-hydrogen) atoms. The zero-order chi connectivity index (χ0) is 19.8. The van der Waals surface area contributed by atoms with Gasteiger partial charge in [-0.2, -0.15) is 5.10 Å². The molecule has 1 aromatic heterocycles. The lowest BCUT2D eigenvalue weighted by Gasteiger charge is -2.06. The molecule has 0 bridgehead atoms. The second kappa shape index (κ2) is 9.04. The standard InChI is InChI=1S/C20H17N5O3/c1-28-19-11-10-17(25(26)27)13-15(19)14-22-24-20(18-9-5-6-12-21-18)23-16-7-3-2-4-8-16/h2-14H,1H3,(H,23,24). The lowest BCUT2D eigenvalue weighted by molar-refractivity contribution is -0.384. The first-order valence-electron chi connectivity index (χ1n) is 8.34. The first-order valence-corrected chi connectivity index (χ1v) is 8.34. The lowest BCUT2D eigenvalue weighted by atomic mass is 10.2. The van der Waals surface area contributed by atoms with E-state index in [1.165, 1.54) is 31.5 Å². The van der Waals surface area contributed by atoms with Crippen LogP contribution in [0.25, 0.3) is 0 Å². The highest BCUT2D eigenvalue weighted by Crippen LogP contribution is 2.22. The van der Waals surface area contributed by atoms with Gasteiger partial charge in [-0.25, -0.2) is 4.99 Å². The van der Waals surface area contributed by atoms with Crippen molar-refractivity contribution in [2.45, 2.75) is 0 Å². The Hall–Kier alpha value is -4.07. The minimum atomic E-state index is -0.472. The van der Waals surface area contributed by atoms with E-state index < -0.39 is 4.92 Å². The number of nitro benzene ring substituents is 1. The van der Waals surface area contributed by atoms with Gasteiger partial charge in [-0.05, 0) is 30.3 Å². The molecular weight excluding hydrogens is 358 g/mol. The van der Waals surface area contributed by atoms with Gasteiger partial charge in [0, 0.05) is 23.9 Å². The largest absolute Gasteiger partial charge is 0.496 e. The third-order valence-corrected chi connectivity index (χ3v) is 3.70. The van der Waals surface area contributed by atoms with E-state index in [1.807, 2.05) is 36.4 Å².